The number of fused-ring (bicyclic) bond motifs is 3. The van der Waals surface area contributed by atoms with E-state index in [0.717, 1.165) is 49.7 Å². The molecule has 0 unspecified atom stereocenters. The number of carbonyl (C=O) groups is 1. The molecule has 0 spiro atoms. The van der Waals surface area contributed by atoms with Crippen molar-refractivity contribution in [3.8, 4) is 0 Å². The van der Waals surface area contributed by atoms with E-state index in [1.54, 1.807) is 18.5 Å². The third-order valence-corrected chi connectivity index (χ3v) is 7.10. The number of anilines is 2. The van der Waals surface area contributed by atoms with Gasteiger partial charge in [-0.1, -0.05) is 0 Å². The third kappa shape index (κ3) is 3.89. The number of halogens is 1. The Morgan fingerprint density at radius 3 is 2.63 bits per heavy atom. The van der Waals surface area contributed by atoms with E-state index in [4.69, 9.17) is 0 Å². The second-order valence-corrected chi connectivity index (χ2v) is 8.99. The summed E-state index contributed by atoms with van der Waals surface area (Å²) in [5.41, 5.74) is 2.07. The quantitative estimate of drug-likeness (QED) is 0.694. The summed E-state index contributed by atoms with van der Waals surface area (Å²) in [6.07, 6.45) is 6.47. The van der Waals surface area contributed by atoms with Crippen molar-refractivity contribution < 1.29 is 9.18 Å². The molecule has 0 atom stereocenters. The van der Waals surface area contributed by atoms with Crippen LogP contribution in [0.15, 0.2) is 30.6 Å². The standard InChI is InChI=1S/C22H24FN5OS/c23-15-5-7-16(8-6-15)26-19(29)13-27-9-11-28(12-10-27)21-20-17-3-1-2-4-18(17)30-22(20)25-14-24-21/h5-8,14H,1-4,9-13H2,(H,26,29). The highest BCUT2D eigenvalue weighted by Crippen LogP contribution is 2.39. The summed E-state index contributed by atoms with van der Waals surface area (Å²) in [7, 11) is 0. The van der Waals surface area contributed by atoms with Crippen LogP contribution in [-0.4, -0.2) is 53.5 Å². The Kier molecular flexibility index (Phi) is 5.35. The number of hydrogen-bond acceptors (Lipinski definition) is 6. The largest absolute Gasteiger partial charge is 0.353 e. The number of carbonyl (C=O) groups excluding carboxylic acids is 1. The number of rotatable bonds is 4. The fourth-order valence-electron chi connectivity index (χ4n) is 4.37. The molecular weight excluding hydrogens is 401 g/mol. The SMILES string of the molecule is O=C(CN1CCN(c2ncnc3sc4c(c23)CCCC4)CC1)Nc1ccc(F)cc1. The molecule has 2 aromatic heterocycles. The van der Waals surface area contributed by atoms with Crippen LogP contribution in [0.1, 0.15) is 23.3 Å². The number of nitrogens with one attached hydrogen (secondary N) is 1. The lowest BCUT2D eigenvalue weighted by atomic mass is 9.97. The molecule has 1 aromatic carbocycles. The highest BCUT2D eigenvalue weighted by molar-refractivity contribution is 7.19. The van der Waals surface area contributed by atoms with E-state index in [0.29, 0.717) is 12.2 Å². The van der Waals surface area contributed by atoms with Gasteiger partial charge < -0.3 is 10.2 Å². The zero-order valence-electron chi connectivity index (χ0n) is 16.7. The van der Waals surface area contributed by atoms with E-state index in [-0.39, 0.29) is 11.7 Å². The Morgan fingerprint density at radius 1 is 1.07 bits per heavy atom. The molecule has 3 aromatic rings. The molecule has 30 heavy (non-hydrogen) atoms. The zero-order chi connectivity index (χ0) is 20.5. The predicted molar refractivity (Wildman–Crippen MR) is 118 cm³/mol. The van der Waals surface area contributed by atoms with Gasteiger partial charge in [-0.25, -0.2) is 14.4 Å². The number of amides is 1. The van der Waals surface area contributed by atoms with Crippen LogP contribution < -0.4 is 10.2 Å². The topological polar surface area (TPSA) is 61.4 Å². The molecule has 1 amide bonds. The minimum Gasteiger partial charge on any atom is -0.353 e. The molecule has 1 saturated heterocycles. The maximum Gasteiger partial charge on any atom is 0.238 e. The molecule has 3 heterocycles. The first-order valence-corrected chi connectivity index (χ1v) is 11.3. The van der Waals surface area contributed by atoms with E-state index in [2.05, 4.69) is 25.1 Å². The Morgan fingerprint density at radius 2 is 1.83 bits per heavy atom. The predicted octanol–water partition coefficient (Wildman–Crippen LogP) is 3.47. The molecule has 156 valence electrons. The number of thiophene rings is 1. The Hall–Kier alpha value is -2.58. The van der Waals surface area contributed by atoms with Crippen molar-refractivity contribution in [3.05, 3.63) is 46.9 Å². The van der Waals surface area contributed by atoms with Crippen LogP contribution >= 0.6 is 11.3 Å². The first-order chi connectivity index (χ1) is 14.7. The van der Waals surface area contributed by atoms with Crippen molar-refractivity contribution in [3.63, 3.8) is 0 Å². The van der Waals surface area contributed by atoms with Gasteiger partial charge in [0.15, 0.2) is 0 Å². The minimum absolute atomic E-state index is 0.0774. The number of hydrogen-bond donors (Lipinski definition) is 1. The Bertz CT molecular complexity index is 1060. The number of aryl methyl sites for hydroxylation is 2. The lowest BCUT2D eigenvalue weighted by molar-refractivity contribution is -0.117. The Balaban J connectivity index is 1.23. The first kappa shape index (κ1) is 19.4. The van der Waals surface area contributed by atoms with Crippen LogP contribution in [0.2, 0.25) is 0 Å². The van der Waals surface area contributed by atoms with Gasteiger partial charge in [-0.05, 0) is 55.5 Å². The Labute approximate surface area is 178 Å². The van der Waals surface area contributed by atoms with Gasteiger partial charge >= 0.3 is 0 Å². The van der Waals surface area contributed by atoms with Gasteiger partial charge in [0.2, 0.25) is 5.91 Å². The molecule has 0 saturated carbocycles. The molecule has 0 bridgehead atoms. The average molecular weight is 426 g/mol. The summed E-state index contributed by atoms with van der Waals surface area (Å²) >= 11 is 1.82. The second kappa shape index (κ2) is 8.28. The summed E-state index contributed by atoms with van der Waals surface area (Å²) in [6.45, 7) is 3.60. The maximum absolute atomic E-state index is 13.0. The first-order valence-electron chi connectivity index (χ1n) is 10.5. The van der Waals surface area contributed by atoms with Crippen molar-refractivity contribution in [2.75, 3.05) is 42.9 Å². The fraction of sp³-hybridized carbons (Fsp3) is 0.409. The summed E-state index contributed by atoms with van der Waals surface area (Å²) in [5, 5.41) is 4.08. The minimum atomic E-state index is -0.310. The van der Waals surface area contributed by atoms with Gasteiger partial charge in [0.05, 0.1) is 11.9 Å². The third-order valence-electron chi connectivity index (χ3n) is 5.90. The molecule has 0 radical (unpaired) electrons. The molecular formula is C22H24FN5OS. The van der Waals surface area contributed by atoms with Crippen LogP contribution in [0.5, 0.6) is 0 Å². The molecule has 1 N–H and O–H groups in total. The lowest BCUT2D eigenvalue weighted by Crippen LogP contribution is -2.49. The number of aromatic nitrogens is 2. The fourth-order valence-corrected chi connectivity index (χ4v) is 5.59. The van der Waals surface area contributed by atoms with Crippen molar-refractivity contribution in [1.29, 1.82) is 0 Å². The molecule has 1 aliphatic carbocycles. The summed E-state index contributed by atoms with van der Waals surface area (Å²) in [4.78, 5) is 28.6. The second-order valence-electron chi connectivity index (χ2n) is 7.91. The van der Waals surface area contributed by atoms with E-state index in [1.165, 1.54) is 40.8 Å². The van der Waals surface area contributed by atoms with Gasteiger partial charge in [0.1, 0.15) is 22.8 Å². The molecule has 2 aliphatic rings. The summed E-state index contributed by atoms with van der Waals surface area (Å²) in [6, 6.07) is 5.85. The number of nitrogens with zero attached hydrogens (tertiary/aromatic N) is 4. The van der Waals surface area contributed by atoms with E-state index in [1.807, 2.05) is 11.3 Å². The molecule has 6 nitrogen and oxygen atoms in total. The molecule has 5 rings (SSSR count). The average Bonchev–Trinajstić information content (AvgIpc) is 3.15. The summed E-state index contributed by atoms with van der Waals surface area (Å²) in [5.74, 6) is 0.663. The van der Waals surface area contributed by atoms with Crippen LogP contribution in [-0.2, 0) is 17.6 Å². The highest BCUT2D eigenvalue weighted by Gasteiger charge is 2.25. The number of piperazine rings is 1. The van der Waals surface area contributed by atoms with Crippen molar-refractivity contribution in [2.24, 2.45) is 0 Å². The molecule has 1 fully saturated rings. The van der Waals surface area contributed by atoms with Gasteiger partial charge in [-0.15, -0.1) is 11.3 Å². The van der Waals surface area contributed by atoms with E-state index >= 15 is 0 Å². The highest BCUT2D eigenvalue weighted by atomic mass is 32.1. The van der Waals surface area contributed by atoms with Gasteiger partial charge in [-0.2, -0.15) is 0 Å². The smallest absolute Gasteiger partial charge is 0.238 e. The van der Waals surface area contributed by atoms with E-state index < -0.39 is 0 Å². The normalized spacial score (nSPS) is 17.2. The lowest BCUT2D eigenvalue weighted by Gasteiger charge is -2.35. The molecule has 8 heteroatoms. The van der Waals surface area contributed by atoms with Crippen molar-refractivity contribution >= 4 is 39.0 Å². The van der Waals surface area contributed by atoms with E-state index in [9.17, 15) is 9.18 Å². The van der Waals surface area contributed by atoms with Crippen LogP contribution in [0.25, 0.3) is 10.2 Å². The molecule has 1 aliphatic heterocycles. The number of benzene rings is 1. The van der Waals surface area contributed by atoms with Gasteiger partial charge in [0, 0.05) is 36.7 Å². The van der Waals surface area contributed by atoms with Crippen molar-refractivity contribution in [2.45, 2.75) is 25.7 Å². The van der Waals surface area contributed by atoms with Gasteiger partial charge in [-0.3, -0.25) is 9.69 Å². The zero-order valence-corrected chi connectivity index (χ0v) is 17.6. The maximum atomic E-state index is 13.0. The van der Waals surface area contributed by atoms with Crippen LogP contribution in [0, 0.1) is 5.82 Å². The van der Waals surface area contributed by atoms with Crippen LogP contribution in [0.4, 0.5) is 15.9 Å². The van der Waals surface area contributed by atoms with Crippen LogP contribution in [0.3, 0.4) is 0 Å². The summed E-state index contributed by atoms with van der Waals surface area (Å²) < 4.78 is 13.0. The van der Waals surface area contributed by atoms with Gasteiger partial charge in [0.25, 0.3) is 0 Å². The monoisotopic (exact) mass is 425 g/mol. The van der Waals surface area contributed by atoms with Crippen molar-refractivity contribution in [1.82, 2.24) is 14.9 Å².